The Hall–Kier alpha value is -1.00. The molecule has 0 bridgehead atoms. The van der Waals surface area contributed by atoms with E-state index in [0.717, 1.165) is 37.2 Å². The molecule has 2 N–H and O–H groups in total. The molecule has 0 atom stereocenters. The van der Waals surface area contributed by atoms with Crippen molar-refractivity contribution in [2.45, 2.75) is 26.8 Å². The third kappa shape index (κ3) is 4.79. The number of rotatable bonds is 6. The summed E-state index contributed by atoms with van der Waals surface area (Å²) in [5.41, 5.74) is 7.63. The van der Waals surface area contributed by atoms with Crippen molar-refractivity contribution in [3.8, 4) is 0 Å². The van der Waals surface area contributed by atoms with Gasteiger partial charge in [-0.25, -0.2) is 4.39 Å². The van der Waals surface area contributed by atoms with Crippen molar-refractivity contribution in [3.05, 3.63) is 35.1 Å². The van der Waals surface area contributed by atoms with Gasteiger partial charge >= 0.3 is 0 Å². The fraction of sp³-hybridized carbons (Fsp3) is 0.462. The van der Waals surface area contributed by atoms with E-state index >= 15 is 0 Å². The van der Waals surface area contributed by atoms with E-state index in [1.165, 1.54) is 6.07 Å². The van der Waals surface area contributed by atoms with Crippen LogP contribution in [0.5, 0.6) is 0 Å². The predicted molar refractivity (Wildman–Crippen MR) is 73.5 cm³/mol. The summed E-state index contributed by atoms with van der Waals surface area (Å²) in [7, 11) is 0. The number of hydrogen-bond donors (Lipinski definition) is 1. The van der Waals surface area contributed by atoms with Crippen LogP contribution in [0.25, 0.3) is 0 Å². The van der Waals surface area contributed by atoms with Crippen LogP contribution in [0.15, 0.2) is 18.2 Å². The average Bonchev–Trinajstić information content (AvgIpc) is 2.26. The highest BCUT2D eigenvalue weighted by atomic mass is 32.1. The van der Waals surface area contributed by atoms with Crippen LogP contribution in [-0.4, -0.2) is 23.0 Å². The summed E-state index contributed by atoms with van der Waals surface area (Å²) < 4.78 is 13.0. The molecule has 2 nitrogen and oxygen atoms in total. The smallest absolute Gasteiger partial charge is 0.123 e. The fourth-order valence-corrected chi connectivity index (χ4v) is 1.79. The molecule has 1 aromatic carbocycles. The van der Waals surface area contributed by atoms with Crippen LogP contribution in [0, 0.1) is 12.7 Å². The maximum absolute atomic E-state index is 13.0. The molecular weight excluding hydrogens is 235 g/mol. The van der Waals surface area contributed by atoms with Gasteiger partial charge in [-0.3, -0.25) is 4.90 Å². The predicted octanol–water partition coefficient (Wildman–Crippen LogP) is 2.63. The molecule has 0 radical (unpaired) electrons. The van der Waals surface area contributed by atoms with Crippen LogP contribution in [0.1, 0.15) is 24.5 Å². The highest BCUT2D eigenvalue weighted by molar-refractivity contribution is 7.80. The Balaban J connectivity index is 2.63. The molecule has 0 aliphatic heterocycles. The zero-order chi connectivity index (χ0) is 12.8. The summed E-state index contributed by atoms with van der Waals surface area (Å²) in [6.07, 6.45) is 0.726. The Kier molecular flexibility index (Phi) is 5.51. The minimum Gasteiger partial charge on any atom is -0.393 e. The number of hydrogen-bond acceptors (Lipinski definition) is 2. The largest absolute Gasteiger partial charge is 0.393 e. The van der Waals surface area contributed by atoms with E-state index in [2.05, 4.69) is 11.8 Å². The van der Waals surface area contributed by atoms with Gasteiger partial charge in [0.25, 0.3) is 0 Å². The van der Waals surface area contributed by atoms with Crippen LogP contribution in [-0.2, 0) is 6.54 Å². The first-order valence-corrected chi connectivity index (χ1v) is 6.19. The molecular formula is C13H19FN2S. The third-order valence-corrected chi connectivity index (χ3v) is 3.02. The quantitative estimate of drug-likeness (QED) is 0.791. The SMILES string of the molecule is CCN(CCC(N)=S)Cc1ccc(F)cc1C. The Morgan fingerprint density at radius 1 is 1.47 bits per heavy atom. The van der Waals surface area contributed by atoms with E-state index in [1.807, 2.05) is 13.0 Å². The van der Waals surface area contributed by atoms with Crippen LogP contribution in [0.2, 0.25) is 0 Å². The minimum absolute atomic E-state index is 0.183. The van der Waals surface area contributed by atoms with Gasteiger partial charge < -0.3 is 5.73 Å². The number of nitrogens with zero attached hydrogens (tertiary/aromatic N) is 1. The maximum atomic E-state index is 13.0. The molecule has 0 aromatic heterocycles. The van der Waals surface area contributed by atoms with Crippen molar-refractivity contribution in [3.63, 3.8) is 0 Å². The molecule has 0 spiro atoms. The van der Waals surface area contributed by atoms with Gasteiger partial charge in [0.1, 0.15) is 5.82 Å². The molecule has 1 aromatic rings. The molecule has 1 rings (SSSR count). The first-order valence-electron chi connectivity index (χ1n) is 5.78. The second-order valence-corrected chi connectivity index (χ2v) is 4.68. The van der Waals surface area contributed by atoms with Gasteiger partial charge in [-0.2, -0.15) is 0 Å². The normalized spacial score (nSPS) is 10.8. The first-order chi connectivity index (χ1) is 8.02. The maximum Gasteiger partial charge on any atom is 0.123 e. The van der Waals surface area contributed by atoms with E-state index in [1.54, 1.807) is 6.07 Å². The Labute approximate surface area is 108 Å². The highest BCUT2D eigenvalue weighted by Gasteiger charge is 2.07. The highest BCUT2D eigenvalue weighted by Crippen LogP contribution is 2.12. The molecule has 17 heavy (non-hydrogen) atoms. The summed E-state index contributed by atoms with van der Waals surface area (Å²) in [6, 6.07) is 4.91. The van der Waals surface area contributed by atoms with Gasteiger partial charge in [0.15, 0.2) is 0 Å². The Morgan fingerprint density at radius 2 is 2.18 bits per heavy atom. The summed E-state index contributed by atoms with van der Waals surface area (Å²) >= 11 is 4.87. The average molecular weight is 254 g/mol. The summed E-state index contributed by atoms with van der Waals surface area (Å²) in [5.74, 6) is -0.183. The molecule has 0 aliphatic rings. The van der Waals surface area contributed by atoms with Crippen molar-refractivity contribution in [2.75, 3.05) is 13.1 Å². The second-order valence-electron chi connectivity index (χ2n) is 4.16. The number of halogens is 1. The van der Waals surface area contributed by atoms with Crippen molar-refractivity contribution in [1.29, 1.82) is 0 Å². The van der Waals surface area contributed by atoms with Crippen LogP contribution in [0.3, 0.4) is 0 Å². The second kappa shape index (κ2) is 6.67. The fourth-order valence-electron chi connectivity index (χ4n) is 1.69. The van der Waals surface area contributed by atoms with Gasteiger partial charge in [0.05, 0.1) is 4.99 Å². The third-order valence-electron chi connectivity index (χ3n) is 2.82. The lowest BCUT2D eigenvalue weighted by Crippen LogP contribution is -2.27. The summed E-state index contributed by atoms with van der Waals surface area (Å²) in [5, 5.41) is 0. The lowest BCUT2D eigenvalue weighted by atomic mass is 10.1. The number of thiocarbonyl (C=S) groups is 1. The monoisotopic (exact) mass is 254 g/mol. The van der Waals surface area contributed by atoms with E-state index in [0.29, 0.717) is 4.99 Å². The molecule has 0 amide bonds. The van der Waals surface area contributed by atoms with Crippen molar-refractivity contribution in [1.82, 2.24) is 4.90 Å². The van der Waals surface area contributed by atoms with Crippen LogP contribution < -0.4 is 5.73 Å². The molecule has 0 fully saturated rings. The van der Waals surface area contributed by atoms with Gasteiger partial charge in [-0.15, -0.1) is 0 Å². The van der Waals surface area contributed by atoms with E-state index < -0.39 is 0 Å². The standard InChI is InChI=1S/C13H19FN2S/c1-3-16(7-6-13(15)17)9-11-4-5-12(14)8-10(11)2/h4-5,8H,3,6-7,9H2,1-2H3,(H2,15,17). The van der Waals surface area contributed by atoms with Crippen LogP contribution in [0.4, 0.5) is 4.39 Å². The minimum atomic E-state index is -0.183. The molecule has 0 saturated heterocycles. The van der Waals surface area contributed by atoms with Gasteiger partial charge in [0, 0.05) is 19.5 Å². The van der Waals surface area contributed by atoms with E-state index in [9.17, 15) is 4.39 Å². The van der Waals surface area contributed by atoms with Crippen LogP contribution >= 0.6 is 12.2 Å². The molecule has 0 aliphatic carbocycles. The number of aryl methyl sites for hydroxylation is 1. The molecule has 0 unspecified atom stereocenters. The van der Waals surface area contributed by atoms with Gasteiger partial charge in [-0.05, 0) is 36.7 Å². The van der Waals surface area contributed by atoms with Crippen molar-refractivity contribution in [2.24, 2.45) is 5.73 Å². The molecule has 0 saturated carbocycles. The number of nitrogens with two attached hydrogens (primary N) is 1. The van der Waals surface area contributed by atoms with Gasteiger partial charge in [-0.1, -0.05) is 25.2 Å². The van der Waals surface area contributed by atoms with Gasteiger partial charge in [0.2, 0.25) is 0 Å². The molecule has 0 heterocycles. The van der Waals surface area contributed by atoms with Crippen molar-refractivity contribution < 1.29 is 4.39 Å². The molecule has 4 heteroatoms. The molecule has 94 valence electrons. The lowest BCUT2D eigenvalue weighted by Gasteiger charge is -2.21. The van der Waals surface area contributed by atoms with E-state index in [-0.39, 0.29) is 5.82 Å². The summed E-state index contributed by atoms with van der Waals surface area (Å²) in [6.45, 7) is 6.62. The first kappa shape index (κ1) is 14.1. The lowest BCUT2D eigenvalue weighted by molar-refractivity contribution is 0.288. The van der Waals surface area contributed by atoms with E-state index in [4.69, 9.17) is 18.0 Å². The zero-order valence-electron chi connectivity index (χ0n) is 10.4. The zero-order valence-corrected chi connectivity index (χ0v) is 11.2. The topological polar surface area (TPSA) is 29.3 Å². The summed E-state index contributed by atoms with van der Waals surface area (Å²) in [4.78, 5) is 2.79. The Bertz CT molecular complexity index is 393. The van der Waals surface area contributed by atoms with Crippen molar-refractivity contribution >= 4 is 17.2 Å². The number of benzene rings is 1. The Morgan fingerprint density at radius 3 is 2.71 bits per heavy atom.